The zero-order chi connectivity index (χ0) is 12.1. The van der Waals surface area contributed by atoms with E-state index in [0.717, 1.165) is 12.0 Å². The lowest BCUT2D eigenvalue weighted by Gasteiger charge is -2.08. The summed E-state index contributed by atoms with van der Waals surface area (Å²) >= 11 is 6.06. The van der Waals surface area contributed by atoms with Crippen LogP contribution in [-0.2, 0) is 22.4 Å². The number of methoxy groups -OCH3 is 1. The highest BCUT2D eigenvalue weighted by atomic mass is 35.5. The van der Waals surface area contributed by atoms with Gasteiger partial charge in [-0.2, -0.15) is 5.26 Å². The van der Waals surface area contributed by atoms with Gasteiger partial charge in [-0.3, -0.25) is 4.79 Å². The maximum absolute atomic E-state index is 11.1. The van der Waals surface area contributed by atoms with Gasteiger partial charge in [0.05, 0.1) is 24.1 Å². The smallest absolute Gasteiger partial charge is 0.310 e. The van der Waals surface area contributed by atoms with Crippen molar-refractivity contribution in [2.24, 2.45) is 0 Å². The molecule has 1 aromatic carbocycles. The van der Waals surface area contributed by atoms with Crippen LogP contribution in [0.15, 0.2) is 12.1 Å². The van der Waals surface area contributed by atoms with E-state index in [-0.39, 0.29) is 12.4 Å². The minimum atomic E-state index is -0.366. The van der Waals surface area contributed by atoms with Gasteiger partial charge in [-0.05, 0) is 17.5 Å². The minimum Gasteiger partial charge on any atom is -0.469 e. The van der Waals surface area contributed by atoms with Crippen molar-refractivity contribution in [1.82, 2.24) is 0 Å². The predicted molar refractivity (Wildman–Crippen MR) is 61.3 cm³/mol. The van der Waals surface area contributed by atoms with Crippen LogP contribution in [0.25, 0.3) is 0 Å². The second-order valence-electron chi connectivity index (χ2n) is 3.29. The van der Waals surface area contributed by atoms with E-state index in [4.69, 9.17) is 16.9 Å². The fraction of sp³-hybridized carbons (Fsp3) is 0.333. The molecule has 0 aliphatic carbocycles. The van der Waals surface area contributed by atoms with E-state index in [0.29, 0.717) is 16.1 Å². The Labute approximate surface area is 99.6 Å². The van der Waals surface area contributed by atoms with Gasteiger partial charge < -0.3 is 4.74 Å². The number of esters is 1. The Morgan fingerprint density at radius 1 is 1.50 bits per heavy atom. The van der Waals surface area contributed by atoms with Crippen molar-refractivity contribution in [1.29, 1.82) is 5.26 Å². The van der Waals surface area contributed by atoms with Crippen molar-refractivity contribution in [3.8, 4) is 6.07 Å². The number of halogens is 1. The second kappa shape index (κ2) is 5.53. The lowest BCUT2D eigenvalue weighted by atomic mass is 10.0. The Morgan fingerprint density at radius 3 is 2.62 bits per heavy atom. The maximum atomic E-state index is 11.1. The van der Waals surface area contributed by atoms with Crippen LogP contribution < -0.4 is 0 Å². The number of aryl methyl sites for hydroxylation is 1. The normalized spacial score (nSPS) is 9.62. The molecule has 0 unspecified atom stereocenters. The molecular formula is C12H12ClNO2. The van der Waals surface area contributed by atoms with E-state index in [2.05, 4.69) is 10.8 Å². The van der Waals surface area contributed by atoms with Crippen LogP contribution in [0, 0.1) is 11.3 Å². The number of carbonyl (C=O) groups is 1. The fourth-order valence-electron chi connectivity index (χ4n) is 1.44. The lowest BCUT2D eigenvalue weighted by molar-refractivity contribution is -0.139. The molecular weight excluding hydrogens is 226 g/mol. The first-order valence-electron chi connectivity index (χ1n) is 4.91. The standard InChI is InChI=1S/C12H12ClNO2/c1-3-8-4-5-9(6-11(15)16-2)12(13)10(8)7-14/h4-5H,3,6H2,1-2H3. The van der Waals surface area contributed by atoms with Crippen molar-refractivity contribution in [2.45, 2.75) is 19.8 Å². The molecule has 0 atom stereocenters. The van der Waals surface area contributed by atoms with Gasteiger partial charge in [0.2, 0.25) is 0 Å². The van der Waals surface area contributed by atoms with Gasteiger partial charge in [-0.25, -0.2) is 0 Å². The molecule has 0 fully saturated rings. The number of nitriles is 1. The second-order valence-corrected chi connectivity index (χ2v) is 3.67. The Morgan fingerprint density at radius 2 is 2.12 bits per heavy atom. The zero-order valence-electron chi connectivity index (χ0n) is 9.21. The molecule has 84 valence electrons. The van der Waals surface area contributed by atoms with Crippen molar-refractivity contribution in [3.05, 3.63) is 33.8 Å². The summed E-state index contributed by atoms with van der Waals surface area (Å²) in [6, 6.07) is 5.65. The molecule has 0 saturated carbocycles. The molecule has 0 saturated heterocycles. The molecule has 3 nitrogen and oxygen atoms in total. The van der Waals surface area contributed by atoms with E-state index < -0.39 is 0 Å². The third kappa shape index (κ3) is 2.53. The van der Waals surface area contributed by atoms with Gasteiger partial charge >= 0.3 is 5.97 Å². The molecule has 16 heavy (non-hydrogen) atoms. The van der Waals surface area contributed by atoms with E-state index in [1.807, 2.05) is 13.0 Å². The summed E-state index contributed by atoms with van der Waals surface area (Å²) in [7, 11) is 1.32. The summed E-state index contributed by atoms with van der Waals surface area (Å²) in [4.78, 5) is 11.1. The van der Waals surface area contributed by atoms with Gasteiger partial charge in [0, 0.05) is 0 Å². The molecule has 0 radical (unpaired) electrons. The maximum Gasteiger partial charge on any atom is 0.310 e. The Balaban J connectivity index is 3.15. The summed E-state index contributed by atoms with van der Waals surface area (Å²) in [6.07, 6.45) is 0.828. The number of hydrogen-bond donors (Lipinski definition) is 0. The highest BCUT2D eigenvalue weighted by molar-refractivity contribution is 6.32. The third-order valence-corrected chi connectivity index (χ3v) is 2.80. The summed E-state index contributed by atoms with van der Waals surface area (Å²) in [5.41, 5.74) is 1.97. The average Bonchev–Trinajstić information content (AvgIpc) is 2.31. The summed E-state index contributed by atoms with van der Waals surface area (Å²) in [6.45, 7) is 1.95. The Bertz CT molecular complexity index is 449. The van der Waals surface area contributed by atoms with E-state index in [9.17, 15) is 4.79 Å². The van der Waals surface area contributed by atoms with Crippen LogP contribution in [0.4, 0.5) is 0 Å². The molecule has 0 aliphatic rings. The van der Waals surface area contributed by atoms with E-state index in [1.54, 1.807) is 6.07 Å². The van der Waals surface area contributed by atoms with Gasteiger partial charge in [0.15, 0.2) is 0 Å². The number of carbonyl (C=O) groups excluding carboxylic acids is 1. The largest absolute Gasteiger partial charge is 0.469 e. The van der Waals surface area contributed by atoms with Crippen LogP contribution in [0.2, 0.25) is 5.02 Å². The molecule has 0 amide bonds. The Hall–Kier alpha value is -1.53. The van der Waals surface area contributed by atoms with E-state index >= 15 is 0 Å². The number of ether oxygens (including phenoxy) is 1. The highest BCUT2D eigenvalue weighted by Crippen LogP contribution is 2.25. The highest BCUT2D eigenvalue weighted by Gasteiger charge is 2.13. The average molecular weight is 238 g/mol. The molecule has 4 heteroatoms. The summed E-state index contributed by atoms with van der Waals surface area (Å²) in [5, 5.41) is 9.35. The van der Waals surface area contributed by atoms with Gasteiger partial charge in [-0.1, -0.05) is 30.7 Å². The SMILES string of the molecule is CCc1ccc(CC(=O)OC)c(Cl)c1C#N. The first-order valence-corrected chi connectivity index (χ1v) is 5.29. The quantitative estimate of drug-likeness (QED) is 0.759. The Kier molecular flexibility index (Phi) is 4.33. The molecule has 0 aliphatic heterocycles. The number of rotatable bonds is 3. The van der Waals surface area contributed by atoms with E-state index in [1.165, 1.54) is 7.11 Å². The minimum absolute atomic E-state index is 0.0913. The molecule has 0 heterocycles. The molecule has 0 bridgehead atoms. The topological polar surface area (TPSA) is 50.1 Å². The van der Waals surface area contributed by atoms with Crippen molar-refractivity contribution >= 4 is 17.6 Å². The molecule has 0 N–H and O–H groups in total. The summed E-state index contributed by atoms with van der Waals surface area (Å²) in [5.74, 6) is -0.366. The zero-order valence-corrected chi connectivity index (χ0v) is 9.97. The number of nitrogens with zero attached hydrogens (tertiary/aromatic N) is 1. The van der Waals surface area contributed by atoms with Crippen LogP contribution in [0.5, 0.6) is 0 Å². The van der Waals surface area contributed by atoms with Crippen molar-refractivity contribution in [3.63, 3.8) is 0 Å². The van der Waals surface area contributed by atoms with Crippen molar-refractivity contribution in [2.75, 3.05) is 7.11 Å². The lowest BCUT2D eigenvalue weighted by Crippen LogP contribution is -2.06. The molecule has 1 aromatic rings. The predicted octanol–water partition coefficient (Wildman–Crippen LogP) is 2.49. The first kappa shape index (κ1) is 12.5. The van der Waals surface area contributed by atoms with Crippen LogP contribution >= 0.6 is 11.6 Å². The van der Waals surface area contributed by atoms with Gasteiger partial charge in [0.25, 0.3) is 0 Å². The van der Waals surface area contributed by atoms with Crippen molar-refractivity contribution < 1.29 is 9.53 Å². The molecule has 1 rings (SSSR count). The first-order chi connectivity index (χ1) is 7.63. The monoisotopic (exact) mass is 237 g/mol. The van der Waals surface area contributed by atoms with Gasteiger partial charge in [0.1, 0.15) is 6.07 Å². The number of benzene rings is 1. The van der Waals surface area contributed by atoms with Gasteiger partial charge in [-0.15, -0.1) is 0 Å². The van der Waals surface area contributed by atoms with Crippen LogP contribution in [-0.4, -0.2) is 13.1 Å². The molecule has 0 aromatic heterocycles. The third-order valence-electron chi connectivity index (χ3n) is 2.36. The summed E-state index contributed by atoms with van der Waals surface area (Å²) < 4.78 is 4.56. The molecule has 0 spiro atoms. The number of hydrogen-bond acceptors (Lipinski definition) is 3. The van der Waals surface area contributed by atoms with Crippen LogP contribution in [0.1, 0.15) is 23.6 Å². The fourth-order valence-corrected chi connectivity index (χ4v) is 1.73. The van der Waals surface area contributed by atoms with Crippen LogP contribution in [0.3, 0.4) is 0 Å².